The van der Waals surface area contributed by atoms with E-state index in [2.05, 4.69) is 4.74 Å². The molecule has 1 amide bonds. The van der Waals surface area contributed by atoms with Gasteiger partial charge in [-0.2, -0.15) is 17.9 Å². The number of carbonyl (C=O) groups excluding carboxylic acids is 3. The van der Waals surface area contributed by atoms with Crippen LogP contribution in [0.15, 0.2) is 29.2 Å². The summed E-state index contributed by atoms with van der Waals surface area (Å²) in [4.78, 5) is 33.3. The smallest absolute Gasteiger partial charge is 0.405 e. The van der Waals surface area contributed by atoms with Gasteiger partial charge in [0.2, 0.25) is 10.0 Å². The molecule has 0 aliphatic carbocycles. The van der Waals surface area contributed by atoms with Gasteiger partial charge >= 0.3 is 12.1 Å². The summed E-state index contributed by atoms with van der Waals surface area (Å²) in [5.74, 6) is -2.59. The molecule has 1 rings (SSSR count). The van der Waals surface area contributed by atoms with Crippen molar-refractivity contribution in [1.29, 1.82) is 0 Å². The van der Waals surface area contributed by atoms with E-state index >= 15 is 0 Å². The van der Waals surface area contributed by atoms with Gasteiger partial charge in [-0.25, -0.2) is 8.42 Å². The van der Waals surface area contributed by atoms with E-state index in [1.54, 1.807) is 0 Å². The molecule has 0 atom stereocenters. The van der Waals surface area contributed by atoms with E-state index in [1.165, 1.54) is 24.4 Å². The maximum Gasteiger partial charge on any atom is 0.405 e. The van der Waals surface area contributed by atoms with Crippen molar-refractivity contribution in [2.45, 2.75) is 18.0 Å². The normalized spacial score (nSPS) is 11.7. The molecule has 0 saturated carbocycles. The first kappa shape index (κ1) is 21.6. The van der Waals surface area contributed by atoms with Crippen LogP contribution in [0.1, 0.15) is 17.3 Å². The third-order valence-electron chi connectivity index (χ3n) is 2.83. The summed E-state index contributed by atoms with van der Waals surface area (Å²) in [7, 11) is -4.08. The summed E-state index contributed by atoms with van der Waals surface area (Å²) >= 11 is 0. The van der Waals surface area contributed by atoms with Crippen molar-refractivity contribution in [3.05, 3.63) is 29.8 Å². The van der Waals surface area contributed by atoms with Gasteiger partial charge in [0.25, 0.3) is 5.91 Å². The molecule has 0 spiro atoms. The number of hydrogen-bond donors (Lipinski definition) is 2. The molecule has 144 valence electrons. The molecular formula is C14H15F3N2O6S. The van der Waals surface area contributed by atoms with Crippen LogP contribution in [0.25, 0.3) is 0 Å². The van der Waals surface area contributed by atoms with Gasteiger partial charge in [0.1, 0.15) is 13.1 Å². The lowest BCUT2D eigenvalue weighted by Crippen LogP contribution is -2.37. The number of carbonyl (C=O) groups is 3. The van der Waals surface area contributed by atoms with Gasteiger partial charge in [-0.1, -0.05) is 12.1 Å². The average Bonchev–Trinajstić information content (AvgIpc) is 2.55. The first-order chi connectivity index (χ1) is 11.9. The largest absolute Gasteiger partial charge is 0.455 e. The molecular weight excluding hydrogens is 381 g/mol. The Balaban J connectivity index is 2.48. The van der Waals surface area contributed by atoms with E-state index in [9.17, 15) is 36.0 Å². The van der Waals surface area contributed by atoms with Crippen LogP contribution in [-0.2, 0) is 24.3 Å². The highest BCUT2D eigenvalue weighted by Crippen LogP contribution is 2.12. The van der Waals surface area contributed by atoms with E-state index in [0.717, 1.165) is 12.1 Å². The quantitative estimate of drug-likeness (QED) is 0.485. The predicted molar refractivity (Wildman–Crippen MR) is 81.7 cm³/mol. The minimum atomic E-state index is -4.60. The minimum absolute atomic E-state index is 0.210. The Morgan fingerprint density at radius 3 is 2.19 bits per heavy atom. The molecule has 0 fully saturated rings. The Hall–Kier alpha value is -2.47. The van der Waals surface area contributed by atoms with E-state index < -0.39 is 47.8 Å². The maximum atomic E-state index is 12.0. The number of halogens is 3. The second-order valence-corrected chi connectivity index (χ2v) is 6.72. The van der Waals surface area contributed by atoms with Crippen molar-refractivity contribution < 1.29 is 40.7 Å². The van der Waals surface area contributed by atoms with Crippen LogP contribution >= 0.6 is 0 Å². The first-order valence-electron chi connectivity index (χ1n) is 7.00. The zero-order valence-electron chi connectivity index (χ0n) is 13.4. The maximum absolute atomic E-state index is 12.0. The number of Topliss-reactive ketones (excluding diaryl/α,β-unsaturated/α-hetero) is 1. The van der Waals surface area contributed by atoms with E-state index in [-0.39, 0.29) is 10.7 Å². The first-order valence-corrected chi connectivity index (χ1v) is 8.49. The van der Waals surface area contributed by atoms with Crippen molar-refractivity contribution in [2.75, 3.05) is 19.7 Å². The number of amides is 1. The molecule has 26 heavy (non-hydrogen) atoms. The van der Waals surface area contributed by atoms with Gasteiger partial charge in [-0.3, -0.25) is 14.4 Å². The minimum Gasteiger partial charge on any atom is -0.455 e. The van der Waals surface area contributed by atoms with Gasteiger partial charge in [0.05, 0.1) is 4.90 Å². The lowest BCUT2D eigenvalue weighted by Gasteiger charge is -2.09. The summed E-state index contributed by atoms with van der Waals surface area (Å²) in [6, 6.07) is 4.91. The molecule has 0 aromatic heterocycles. The fourth-order valence-electron chi connectivity index (χ4n) is 1.55. The monoisotopic (exact) mass is 396 g/mol. The average molecular weight is 396 g/mol. The molecule has 0 heterocycles. The van der Waals surface area contributed by atoms with Crippen LogP contribution in [-0.4, -0.2) is 52.0 Å². The van der Waals surface area contributed by atoms with Crippen LogP contribution in [0.2, 0.25) is 0 Å². The number of ether oxygens (including phenoxy) is 1. The summed E-state index contributed by atoms with van der Waals surface area (Å²) in [6.07, 6.45) is -4.60. The van der Waals surface area contributed by atoms with Gasteiger partial charge in [-0.05, 0) is 19.1 Å². The van der Waals surface area contributed by atoms with Crippen LogP contribution < -0.4 is 10.0 Å². The van der Waals surface area contributed by atoms with E-state index in [0.29, 0.717) is 5.56 Å². The van der Waals surface area contributed by atoms with Crippen molar-refractivity contribution in [3.63, 3.8) is 0 Å². The Bertz CT molecular complexity index is 775. The second-order valence-electron chi connectivity index (χ2n) is 4.96. The third-order valence-corrected chi connectivity index (χ3v) is 4.25. The molecule has 0 aliphatic rings. The summed E-state index contributed by atoms with van der Waals surface area (Å²) in [6.45, 7) is -2.08. The molecule has 8 nitrogen and oxygen atoms in total. The number of nitrogens with one attached hydrogen (secondary N) is 2. The number of benzene rings is 1. The van der Waals surface area contributed by atoms with Crippen molar-refractivity contribution in [3.8, 4) is 0 Å². The number of rotatable bonds is 8. The predicted octanol–water partition coefficient (Wildman–Crippen LogP) is 0.389. The fraction of sp³-hybridized carbons (Fsp3) is 0.357. The van der Waals surface area contributed by atoms with Crippen LogP contribution in [0.5, 0.6) is 0 Å². The van der Waals surface area contributed by atoms with Crippen molar-refractivity contribution in [2.24, 2.45) is 0 Å². The molecule has 0 bridgehead atoms. The molecule has 1 aromatic rings. The van der Waals surface area contributed by atoms with Gasteiger partial charge in [0, 0.05) is 5.56 Å². The summed E-state index contributed by atoms with van der Waals surface area (Å²) in [5, 5.41) is 1.48. The lowest BCUT2D eigenvalue weighted by molar-refractivity contribution is -0.150. The molecule has 0 saturated heterocycles. The number of alkyl halides is 3. The van der Waals surface area contributed by atoms with Crippen molar-refractivity contribution in [1.82, 2.24) is 10.0 Å². The van der Waals surface area contributed by atoms with Gasteiger partial charge in [0.15, 0.2) is 12.4 Å². The summed E-state index contributed by atoms with van der Waals surface area (Å²) < 4.78 is 65.8. The zero-order chi connectivity index (χ0) is 20.0. The van der Waals surface area contributed by atoms with Crippen molar-refractivity contribution >= 4 is 27.7 Å². The zero-order valence-corrected chi connectivity index (χ0v) is 14.2. The molecule has 0 radical (unpaired) electrons. The molecule has 0 unspecified atom stereocenters. The van der Waals surface area contributed by atoms with Gasteiger partial charge < -0.3 is 10.1 Å². The second kappa shape index (κ2) is 8.76. The van der Waals surface area contributed by atoms with E-state index in [1.807, 2.05) is 4.72 Å². The molecule has 12 heteroatoms. The molecule has 2 N–H and O–H groups in total. The van der Waals surface area contributed by atoms with Gasteiger partial charge in [-0.15, -0.1) is 0 Å². The molecule has 1 aromatic carbocycles. The van der Waals surface area contributed by atoms with Crippen LogP contribution in [0, 0.1) is 0 Å². The Morgan fingerprint density at radius 1 is 1.12 bits per heavy atom. The van der Waals surface area contributed by atoms with Crippen LogP contribution in [0.3, 0.4) is 0 Å². The van der Waals surface area contributed by atoms with E-state index in [4.69, 9.17) is 0 Å². The number of ketones is 1. The Kier molecular flexibility index (Phi) is 7.27. The Morgan fingerprint density at radius 2 is 1.69 bits per heavy atom. The van der Waals surface area contributed by atoms with Crippen LogP contribution in [0.4, 0.5) is 13.2 Å². The highest BCUT2D eigenvalue weighted by molar-refractivity contribution is 7.89. The molecule has 0 aliphatic heterocycles. The Labute approximate surface area is 146 Å². The SMILES string of the molecule is CC(=O)c1ccc(S(=O)(=O)NCC(=O)OCC(=O)NCC(F)(F)F)cc1. The number of sulfonamides is 1. The standard InChI is InChI=1S/C14H15F3N2O6S/c1-9(20)10-2-4-11(5-3-10)26(23,24)19-6-13(22)25-7-12(21)18-8-14(15,16)17/h2-5,19H,6-8H2,1H3,(H,18,21). The number of hydrogen-bond acceptors (Lipinski definition) is 6. The highest BCUT2D eigenvalue weighted by Gasteiger charge is 2.27. The highest BCUT2D eigenvalue weighted by atomic mass is 32.2. The topological polar surface area (TPSA) is 119 Å². The third kappa shape index (κ3) is 7.61. The lowest BCUT2D eigenvalue weighted by atomic mass is 10.2. The summed E-state index contributed by atoms with van der Waals surface area (Å²) in [5.41, 5.74) is 0.299. The number of esters is 1. The fourth-order valence-corrected chi connectivity index (χ4v) is 2.52.